The number of hydrogen-bond acceptors (Lipinski definition) is 6. The molecule has 1 aromatic rings. The lowest BCUT2D eigenvalue weighted by molar-refractivity contribution is 0.225. The molecule has 0 aliphatic rings. The summed E-state index contributed by atoms with van der Waals surface area (Å²) in [5.74, 6) is 0.758. The van der Waals surface area contributed by atoms with Gasteiger partial charge in [0.25, 0.3) is 0 Å². The lowest BCUT2D eigenvalue weighted by Crippen LogP contribution is -2.01. The predicted molar refractivity (Wildman–Crippen MR) is 65.0 cm³/mol. The fraction of sp³-hybridized carbons (Fsp3) is 0.667. The number of phosphoric acid groups is 2. The molecular weight excluding hydrogens is 302 g/mol. The Morgan fingerprint density at radius 3 is 2.21 bits per heavy atom. The van der Waals surface area contributed by atoms with Crippen LogP contribution in [0.15, 0.2) is 6.33 Å². The molecule has 112 valence electrons. The van der Waals surface area contributed by atoms with E-state index in [1.54, 1.807) is 0 Å². The van der Waals surface area contributed by atoms with Crippen molar-refractivity contribution in [2.45, 2.75) is 19.8 Å². The molecule has 0 saturated heterocycles. The van der Waals surface area contributed by atoms with E-state index < -0.39 is 15.6 Å². The number of unbranched alkanes of at least 4 members (excludes halogenated alkanes) is 1. The van der Waals surface area contributed by atoms with Crippen LogP contribution >= 0.6 is 15.6 Å². The molecule has 19 heavy (non-hydrogen) atoms. The van der Waals surface area contributed by atoms with Crippen molar-refractivity contribution in [2.75, 3.05) is 11.9 Å². The van der Waals surface area contributed by atoms with Gasteiger partial charge in [-0.2, -0.15) is 9.41 Å². The Morgan fingerprint density at radius 1 is 1.32 bits per heavy atom. The molecule has 0 aromatic carbocycles. The third kappa shape index (κ3) is 13.4. The molecular formula is C6H16N4O7P2. The zero-order chi connectivity index (χ0) is 14.9. The first kappa shape index (κ1) is 18.2. The molecule has 0 atom stereocenters. The molecule has 0 fully saturated rings. The summed E-state index contributed by atoms with van der Waals surface area (Å²) in [5, 5.41) is 9.52. The molecule has 13 heteroatoms. The standard InChI is InChI=1S/C6H12N4.H4O7P2/c1-2-3-4-7-6-8-5-9-10-6;1-8(2,3)7-9(4,5)6/h5H,2-4H2,1H3,(H2,7,8,9,10);(H2,1,2,3)(H2,4,5,6). The largest absolute Gasteiger partial charge is 0.478 e. The average molecular weight is 318 g/mol. The summed E-state index contributed by atoms with van der Waals surface area (Å²) >= 11 is 0. The van der Waals surface area contributed by atoms with Gasteiger partial charge in [-0.05, 0) is 6.42 Å². The molecule has 1 rings (SSSR count). The molecule has 11 nitrogen and oxygen atoms in total. The van der Waals surface area contributed by atoms with E-state index >= 15 is 0 Å². The van der Waals surface area contributed by atoms with Crippen LogP contribution in [-0.4, -0.2) is 41.3 Å². The van der Waals surface area contributed by atoms with Crippen molar-refractivity contribution >= 4 is 21.6 Å². The second-order valence-corrected chi connectivity index (χ2v) is 5.79. The highest BCUT2D eigenvalue weighted by Crippen LogP contribution is 2.53. The maximum absolute atomic E-state index is 9.63. The van der Waals surface area contributed by atoms with Crippen molar-refractivity contribution < 1.29 is 33.0 Å². The topological polar surface area (TPSA) is 178 Å². The maximum atomic E-state index is 9.63. The number of aromatic amines is 1. The Bertz CT molecular complexity index is 407. The highest BCUT2D eigenvalue weighted by atomic mass is 31.3. The minimum Gasteiger partial charge on any atom is -0.355 e. The molecule has 0 bridgehead atoms. The van der Waals surface area contributed by atoms with Crippen molar-refractivity contribution in [1.82, 2.24) is 15.2 Å². The van der Waals surface area contributed by atoms with Crippen molar-refractivity contribution in [3.63, 3.8) is 0 Å². The van der Waals surface area contributed by atoms with E-state index in [1.165, 1.54) is 19.2 Å². The average Bonchev–Trinajstić information content (AvgIpc) is 2.66. The van der Waals surface area contributed by atoms with Crippen LogP contribution in [0.5, 0.6) is 0 Å². The van der Waals surface area contributed by atoms with Crippen molar-refractivity contribution in [1.29, 1.82) is 0 Å². The lowest BCUT2D eigenvalue weighted by Gasteiger charge is -2.03. The number of H-pyrrole nitrogens is 1. The molecule has 0 radical (unpaired) electrons. The second kappa shape index (κ2) is 8.39. The van der Waals surface area contributed by atoms with Gasteiger partial charge in [-0.3, -0.25) is 0 Å². The van der Waals surface area contributed by atoms with Crippen LogP contribution in [0.3, 0.4) is 0 Å². The molecule has 0 unspecified atom stereocenters. The van der Waals surface area contributed by atoms with Gasteiger partial charge in [-0.25, -0.2) is 19.2 Å². The van der Waals surface area contributed by atoms with Crippen LogP contribution in [0.4, 0.5) is 5.95 Å². The summed E-state index contributed by atoms with van der Waals surface area (Å²) in [6.07, 6.45) is 3.86. The first-order valence-corrected chi connectivity index (χ1v) is 8.12. The van der Waals surface area contributed by atoms with Gasteiger partial charge in [0, 0.05) is 6.54 Å². The summed E-state index contributed by atoms with van der Waals surface area (Å²) in [5.41, 5.74) is 0. The minimum atomic E-state index is -5.05. The number of nitrogens with zero attached hydrogens (tertiary/aromatic N) is 2. The van der Waals surface area contributed by atoms with E-state index in [1.807, 2.05) is 0 Å². The third-order valence-corrected chi connectivity index (χ3v) is 3.15. The highest BCUT2D eigenvalue weighted by molar-refractivity contribution is 7.60. The zero-order valence-corrected chi connectivity index (χ0v) is 11.8. The molecule has 6 N–H and O–H groups in total. The first-order valence-electron chi connectivity index (χ1n) is 5.05. The number of anilines is 1. The molecule has 1 heterocycles. The van der Waals surface area contributed by atoms with E-state index in [9.17, 15) is 9.13 Å². The Balaban J connectivity index is 0.000000344. The quantitative estimate of drug-likeness (QED) is 0.313. The van der Waals surface area contributed by atoms with Crippen molar-refractivity contribution in [3.8, 4) is 0 Å². The van der Waals surface area contributed by atoms with Crippen LogP contribution in [-0.2, 0) is 13.4 Å². The van der Waals surface area contributed by atoms with Gasteiger partial charge in [0.1, 0.15) is 6.33 Å². The fourth-order valence-corrected chi connectivity index (χ4v) is 1.92. The zero-order valence-electron chi connectivity index (χ0n) is 10.0. The Labute approximate surface area is 108 Å². The van der Waals surface area contributed by atoms with Gasteiger partial charge >= 0.3 is 15.6 Å². The van der Waals surface area contributed by atoms with E-state index in [0.29, 0.717) is 0 Å². The number of rotatable bonds is 6. The first-order chi connectivity index (χ1) is 8.64. The van der Waals surface area contributed by atoms with Crippen molar-refractivity contribution in [3.05, 3.63) is 6.33 Å². The van der Waals surface area contributed by atoms with Crippen molar-refractivity contribution in [2.24, 2.45) is 0 Å². The molecule has 0 aliphatic carbocycles. The van der Waals surface area contributed by atoms with E-state index in [2.05, 4.69) is 31.7 Å². The third-order valence-electron chi connectivity index (χ3n) is 1.45. The lowest BCUT2D eigenvalue weighted by atomic mass is 10.3. The van der Waals surface area contributed by atoms with Crippen LogP contribution < -0.4 is 5.32 Å². The van der Waals surface area contributed by atoms with Gasteiger partial charge in [-0.1, -0.05) is 13.3 Å². The number of nitrogens with one attached hydrogen (secondary N) is 2. The predicted octanol–water partition coefficient (Wildman–Crippen LogP) is 0.205. The monoisotopic (exact) mass is 318 g/mol. The Kier molecular flexibility index (Phi) is 8.03. The van der Waals surface area contributed by atoms with E-state index in [0.717, 1.165) is 12.5 Å². The summed E-state index contributed by atoms with van der Waals surface area (Å²) in [4.78, 5) is 34.9. The van der Waals surface area contributed by atoms with E-state index in [-0.39, 0.29) is 0 Å². The molecule has 0 spiro atoms. The SMILES string of the molecule is CCCCNc1ncn[nH]1.O=P(O)(O)OP(=O)(O)O. The molecule has 0 amide bonds. The summed E-state index contributed by atoms with van der Waals surface area (Å²) < 4.78 is 22.2. The number of hydrogen-bond donors (Lipinski definition) is 6. The van der Waals surface area contributed by atoms with Gasteiger partial charge in [0.15, 0.2) is 0 Å². The summed E-state index contributed by atoms with van der Waals surface area (Å²) in [6.45, 7) is 3.12. The van der Waals surface area contributed by atoms with Crippen LogP contribution in [0.25, 0.3) is 0 Å². The summed E-state index contributed by atoms with van der Waals surface area (Å²) in [7, 11) is -10.1. The van der Waals surface area contributed by atoms with Crippen LogP contribution in [0.1, 0.15) is 19.8 Å². The Hall–Kier alpha value is -0.800. The normalized spacial score (nSPS) is 11.6. The van der Waals surface area contributed by atoms with Gasteiger partial charge in [0.2, 0.25) is 5.95 Å². The molecule has 0 aliphatic heterocycles. The smallest absolute Gasteiger partial charge is 0.355 e. The maximum Gasteiger partial charge on any atom is 0.478 e. The fourth-order valence-electron chi connectivity index (χ4n) is 0.813. The van der Waals surface area contributed by atoms with E-state index in [4.69, 9.17) is 19.6 Å². The second-order valence-electron chi connectivity index (χ2n) is 3.18. The van der Waals surface area contributed by atoms with Gasteiger partial charge < -0.3 is 24.9 Å². The van der Waals surface area contributed by atoms with Crippen LogP contribution in [0, 0.1) is 0 Å². The molecule has 1 aromatic heterocycles. The Morgan fingerprint density at radius 2 is 1.89 bits per heavy atom. The van der Waals surface area contributed by atoms with Gasteiger partial charge in [0.05, 0.1) is 0 Å². The van der Waals surface area contributed by atoms with Gasteiger partial charge in [-0.15, -0.1) is 0 Å². The number of aromatic nitrogens is 3. The minimum absolute atomic E-state index is 0.758. The highest BCUT2D eigenvalue weighted by Gasteiger charge is 2.27. The van der Waals surface area contributed by atoms with Crippen LogP contribution in [0.2, 0.25) is 0 Å². The molecule has 0 saturated carbocycles. The summed E-state index contributed by atoms with van der Waals surface area (Å²) in [6, 6.07) is 0.